The molecule has 1 aliphatic rings. The highest BCUT2D eigenvalue weighted by Gasteiger charge is 2.38. The van der Waals surface area contributed by atoms with E-state index in [4.69, 9.17) is 19.7 Å². The van der Waals surface area contributed by atoms with Crippen molar-refractivity contribution in [2.45, 2.75) is 19.8 Å². The predicted molar refractivity (Wildman–Crippen MR) is 81.3 cm³/mol. The number of hydrogen-bond donors (Lipinski definition) is 1. The third-order valence-corrected chi connectivity index (χ3v) is 3.58. The minimum absolute atomic E-state index is 0.0895. The second-order valence-corrected chi connectivity index (χ2v) is 4.96. The highest BCUT2D eigenvalue weighted by molar-refractivity contribution is 5.92. The highest BCUT2D eigenvalue weighted by atomic mass is 16.5. The Balaban J connectivity index is 2.67. The van der Waals surface area contributed by atoms with Crippen LogP contribution in [0.4, 0.5) is 0 Å². The molecule has 0 bridgehead atoms. The van der Waals surface area contributed by atoms with Gasteiger partial charge >= 0.3 is 5.97 Å². The number of dihydropyridines is 1. The topological polar surface area (TPSA) is 123 Å². The zero-order chi connectivity index (χ0) is 17.7. The molecule has 1 atom stereocenters. The van der Waals surface area contributed by atoms with Crippen molar-refractivity contribution >= 4 is 5.97 Å². The monoisotopic (exact) mass is 322 g/mol. The first-order valence-electron chi connectivity index (χ1n) is 7.20. The van der Waals surface area contributed by atoms with Crippen LogP contribution in [0.2, 0.25) is 0 Å². The van der Waals surface area contributed by atoms with E-state index in [1.54, 1.807) is 26.0 Å². The van der Waals surface area contributed by atoms with Crippen molar-refractivity contribution in [1.82, 2.24) is 5.32 Å². The van der Waals surface area contributed by atoms with Gasteiger partial charge in [0, 0.05) is 5.70 Å². The van der Waals surface area contributed by atoms with Crippen LogP contribution in [-0.2, 0) is 9.53 Å². The number of furan rings is 1. The van der Waals surface area contributed by atoms with E-state index in [9.17, 15) is 10.1 Å². The van der Waals surface area contributed by atoms with Crippen LogP contribution in [0.5, 0.6) is 0 Å². The molecule has 24 heavy (non-hydrogen) atoms. The van der Waals surface area contributed by atoms with Crippen LogP contribution in [0.3, 0.4) is 0 Å². The highest BCUT2D eigenvalue weighted by Crippen LogP contribution is 2.39. The van der Waals surface area contributed by atoms with Gasteiger partial charge in [-0.25, -0.2) is 4.79 Å². The molecule has 1 unspecified atom stereocenters. The number of esters is 1. The number of rotatable bonds is 4. The average molecular weight is 322 g/mol. The van der Waals surface area contributed by atoms with Crippen LogP contribution in [-0.4, -0.2) is 12.6 Å². The predicted octanol–water partition coefficient (Wildman–Crippen LogP) is 2.24. The molecule has 1 aromatic rings. The largest absolute Gasteiger partial charge is 0.468 e. The van der Waals surface area contributed by atoms with E-state index in [0.29, 0.717) is 11.5 Å². The fourth-order valence-corrected chi connectivity index (χ4v) is 2.58. The van der Waals surface area contributed by atoms with Crippen molar-refractivity contribution in [2.24, 2.45) is 5.92 Å². The number of carbonyl (C=O) groups is 1. The van der Waals surface area contributed by atoms with Gasteiger partial charge in [-0.1, -0.05) is 0 Å². The van der Waals surface area contributed by atoms with Crippen molar-refractivity contribution in [3.05, 3.63) is 46.7 Å². The maximum absolute atomic E-state index is 12.4. The van der Waals surface area contributed by atoms with Crippen molar-refractivity contribution in [1.29, 1.82) is 15.8 Å². The van der Waals surface area contributed by atoms with Crippen LogP contribution >= 0.6 is 0 Å². The fourth-order valence-electron chi connectivity index (χ4n) is 2.58. The van der Waals surface area contributed by atoms with Gasteiger partial charge in [0.2, 0.25) is 0 Å². The Morgan fingerprint density at radius 1 is 1.42 bits per heavy atom. The van der Waals surface area contributed by atoms with E-state index in [-0.39, 0.29) is 23.5 Å². The standard InChI is InChI=1S/C17H14N4O3/c1-3-23-17(22)14-10(2)21-16(11(7-18)8-19)12(9-20)15(14)13-5-4-6-24-13/h4-6,11,15,21H,3H2,1-2H3. The lowest BCUT2D eigenvalue weighted by Gasteiger charge is -2.28. The third kappa shape index (κ3) is 2.86. The van der Waals surface area contributed by atoms with E-state index >= 15 is 0 Å². The summed E-state index contributed by atoms with van der Waals surface area (Å²) in [6, 6.07) is 8.95. The van der Waals surface area contributed by atoms with Gasteiger partial charge in [0.05, 0.1) is 53.8 Å². The Hall–Kier alpha value is -3.50. The third-order valence-electron chi connectivity index (χ3n) is 3.58. The summed E-state index contributed by atoms with van der Waals surface area (Å²) in [6.07, 6.45) is 1.43. The Bertz CT molecular complexity index is 815. The van der Waals surface area contributed by atoms with Crippen LogP contribution < -0.4 is 5.32 Å². The molecule has 7 nitrogen and oxygen atoms in total. The van der Waals surface area contributed by atoms with E-state index in [2.05, 4.69) is 5.32 Å². The van der Waals surface area contributed by atoms with Crippen LogP contribution in [0.25, 0.3) is 0 Å². The number of nitrogens with zero attached hydrogens (tertiary/aromatic N) is 3. The van der Waals surface area contributed by atoms with Gasteiger partial charge in [0.1, 0.15) is 5.76 Å². The molecular formula is C17H14N4O3. The number of carbonyl (C=O) groups excluding carboxylic acids is 1. The Morgan fingerprint density at radius 3 is 2.62 bits per heavy atom. The molecule has 0 fully saturated rings. The molecule has 0 radical (unpaired) electrons. The lowest BCUT2D eigenvalue weighted by Crippen LogP contribution is -2.32. The SMILES string of the molecule is CCOC(=O)C1=C(C)NC(C(C#N)C#N)=C(C#N)C1c1ccco1. The summed E-state index contributed by atoms with van der Waals surface area (Å²) in [4.78, 5) is 12.4. The second kappa shape index (κ2) is 7.17. The zero-order valence-corrected chi connectivity index (χ0v) is 13.2. The normalized spacial score (nSPS) is 16.9. The molecule has 0 aromatic carbocycles. The molecule has 1 aliphatic heterocycles. The first-order valence-corrected chi connectivity index (χ1v) is 7.20. The number of nitriles is 3. The van der Waals surface area contributed by atoms with Crippen molar-refractivity contribution in [3.8, 4) is 18.2 Å². The van der Waals surface area contributed by atoms with Gasteiger partial charge in [-0.15, -0.1) is 0 Å². The van der Waals surface area contributed by atoms with Gasteiger partial charge < -0.3 is 14.5 Å². The van der Waals surface area contributed by atoms with E-state index < -0.39 is 17.8 Å². The number of ether oxygens (including phenoxy) is 1. The fraction of sp³-hybridized carbons (Fsp3) is 0.294. The molecule has 0 spiro atoms. The van der Waals surface area contributed by atoms with E-state index in [1.807, 2.05) is 18.2 Å². The first-order chi connectivity index (χ1) is 11.6. The molecule has 0 saturated heterocycles. The smallest absolute Gasteiger partial charge is 0.336 e. The second-order valence-electron chi connectivity index (χ2n) is 4.96. The molecule has 0 saturated carbocycles. The summed E-state index contributed by atoms with van der Waals surface area (Å²) >= 11 is 0. The number of hydrogen-bond acceptors (Lipinski definition) is 7. The van der Waals surface area contributed by atoms with Crippen LogP contribution in [0.15, 0.2) is 45.4 Å². The van der Waals surface area contributed by atoms with E-state index in [0.717, 1.165) is 0 Å². The van der Waals surface area contributed by atoms with Crippen molar-refractivity contribution < 1.29 is 13.9 Å². The summed E-state index contributed by atoms with van der Waals surface area (Å²) in [7, 11) is 0. The van der Waals surface area contributed by atoms with Gasteiger partial charge in [0.25, 0.3) is 0 Å². The van der Waals surface area contributed by atoms with Crippen molar-refractivity contribution in [2.75, 3.05) is 6.61 Å². The lowest BCUT2D eigenvalue weighted by molar-refractivity contribution is -0.138. The van der Waals surface area contributed by atoms with Gasteiger partial charge in [-0.3, -0.25) is 0 Å². The molecule has 1 N–H and O–H groups in total. The van der Waals surface area contributed by atoms with E-state index in [1.165, 1.54) is 6.26 Å². The van der Waals surface area contributed by atoms with Crippen LogP contribution in [0, 0.1) is 39.9 Å². The molecule has 7 heteroatoms. The van der Waals surface area contributed by atoms with Gasteiger partial charge in [-0.2, -0.15) is 15.8 Å². The number of nitrogens with one attached hydrogen (secondary N) is 1. The Morgan fingerprint density at radius 2 is 2.12 bits per heavy atom. The lowest BCUT2D eigenvalue weighted by atomic mass is 9.82. The average Bonchev–Trinajstić information content (AvgIpc) is 3.09. The molecule has 2 heterocycles. The summed E-state index contributed by atoms with van der Waals surface area (Å²) in [6.45, 7) is 3.49. The Kier molecular flexibility index (Phi) is 5.04. The maximum Gasteiger partial charge on any atom is 0.336 e. The molecule has 0 amide bonds. The molecule has 1 aromatic heterocycles. The summed E-state index contributed by atoms with van der Waals surface area (Å²) in [5, 5.41) is 30.8. The quantitative estimate of drug-likeness (QED) is 0.843. The van der Waals surface area contributed by atoms with Crippen LogP contribution in [0.1, 0.15) is 25.5 Å². The Labute approximate surface area is 139 Å². The summed E-state index contributed by atoms with van der Waals surface area (Å²) in [5.41, 5.74) is 0.891. The summed E-state index contributed by atoms with van der Waals surface area (Å²) < 4.78 is 10.5. The first kappa shape index (κ1) is 16.9. The van der Waals surface area contributed by atoms with Gasteiger partial charge in [-0.05, 0) is 26.0 Å². The van der Waals surface area contributed by atoms with Gasteiger partial charge in [0.15, 0.2) is 5.92 Å². The minimum atomic E-state index is -1.16. The maximum atomic E-state index is 12.4. The summed E-state index contributed by atoms with van der Waals surface area (Å²) in [5.74, 6) is -2.20. The number of allylic oxidation sites excluding steroid dienone is 3. The molecule has 120 valence electrons. The minimum Gasteiger partial charge on any atom is -0.468 e. The molecule has 2 rings (SSSR count). The zero-order valence-electron chi connectivity index (χ0n) is 13.2. The molecular weight excluding hydrogens is 308 g/mol. The molecule has 0 aliphatic carbocycles. The van der Waals surface area contributed by atoms with Crippen molar-refractivity contribution in [3.63, 3.8) is 0 Å².